The van der Waals surface area contributed by atoms with E-state index < -0.39 is 0 Å². The number of nitrogens with two attached hydrogens (primary N) is 1. The van der Waals surface area contributed by atoms with Crippen molar-refractivity contribution in [3.05, 3.63) is 35.4 Å². The van der Waals surface area contributed by atoms with E-state index in [0.29, 0.717) is 19.8 Å². The van der Waals surface area contributed by atoms with Crippen LogP contribution >= 0.6 is 24.8 Å². The van der Waals surface area contributed by atoms with Crippen LogP contribution in [0.1, 0.15) is 17.2 Å². The standard InChI is InChI=1S/C17H26N4O3.2ClH/c1-13-3-2-4-14(9-13)15(21-5-7-24-8-6-21)11-19-17(23)12-20-16(22)10-18;;/h2-4,9,15H,5-8,10-12,18H2,1H3,(H,19,23)(H,20,22);2*1H. The Balaban J connectivity index is 0.00000312. The maximum Gasteiger partial charge on any atom is 0.239 e. The number of hydrogen-bond acceptors (Lipinski definition) is 5. The monoisotopic (exact) mass is 406 g/mol. The minimum atomic E-state index is -0.339. The molecule has 1 aromatic carbocycles. The lowest BCUT2D eigenvalue weighted by molar-refractivity contribution is -0.125. The summed E-state index contributed by atoms with van der Waals surface area (Å²) in [6.07, 6.45) is 0. The highest BCUT2D eigenvalue weighted by atomic mass is 35.5. The van der Waals surface area contributed by atoms with Crippen LogP contribution in [0, 0.1) is 6.92 Å². The Morgan fingerprint density at radius 2 is 1.88 bits per heavy atom. The molecule has 0 saturated carbocycles. The Hall–Kier alpha value is -1.38. The van der Waals surface area contributed by atoms with Gasteiger partial charge in [-0.15, -0.1) is 24.8 Å². The highest BCUT2D eigenvalue weighted by Gasteiger charge is 2.23. The molecule has 1 saturated heterocycles. The van der Waals surface area contributed by atoms with Crippen LogP contribution < -0.4 is 16.4 Å². The largest absolute Gasteiger partial charge is 0.379 e. The Kier molecular flexibility index (Phi) is 12.2. The fourth-order valence-electron chi connectivity index (χ4n) is 2.75. The number of hydrogen-bond donors (Lipinski definition) is 3. The summed E-state index contributed by atoms with van der Waals surface area (Å²) < 4.78 is 5.42. The first-order valence-corrected chi connectivity index (χ1v) is 8.22. The molecule has 9 heteroatoms. The Morgan fingerprint density at radius 1 is 1.19 bits per heavy atom. The maximum absolute atomic E-state index is 11.9. The molecule has 0 aromatic heterocycles. The molecule has 2 rings (SSSR count). The predicted molar refractivity (Wildman–Crippen MR) is 106 cm³/mol. The predicted octanol–water partition coefficient (Wildman–Crippen LogP) is 0.403. The zero-order valence-corrected chi connectivity index (χ0v) is 16.5. The smallest absolute Gasteiger partial charge is 0.239 e. The van der Waals surface area contributed by atoms with E-state index in [9.17, 15) is 9.59 Å². The number of carbonyl (C=O) groups excluding carboxylic acids is 2. The van der Waals surface area contributed by atoms with Crippen LogP contribution in [0.15, 0.2) is 24.3 Å². The molecule has 7 nitrogen and oxygen atoms in total. The summed E-state index contributed by atoms with van der Waals surface area (Å²) in [5, 5.41) is 5.38. The van der Waals surface area contributed by atoms with Gasteiger partial charge in [-0.3, -0.25) is 14.5 Å². The summed E-state index contributed by atoms with van der Waals surface area (Å²) in [5.74, 6) is -0.559. The average molecular weight is 407 g/mol. The highest BCUT2D eigenvalue weighted by Crippen LogP contribution is 2.22. The van der Waals surface area contributed by atoms with Crippen LogP contribution in [0.2, 0.25) is 0 Å². The van der Waals surface area contributed by atoms with E-state index in [0.717, 1.165) is 13.1 Å². The van der Waals surface area contributed by atoms with Crippen molar-refractivity contribution >= 4 is 36.6 Å². The molecule has 148 valence electrons. The molecule has 1 heterocycles. The molecule has 1 aliphatic rings. The molecular weight excluding hydrogens is 379 g/mol. The van der Waals surface area contributed by atoms with Crippen molar-refractivity contribution in [3.8, 4) is 0 Å². The zero-order valence-electron chi connectivity index (χ0n) is 14.9. The summed E-state index contributed by atoms with van der Waals surface area (Å²) in [7, 11) is 0. The number of nitrogens with zero attached hydrogens (tertiary/aromatic N) is 1. The van der Waals surface area contributed by atoms with Crippen molar-refractivity contribution in [3.63, 3.8) is 0 Å². The third-order valence-electron chi connectivity index (χ3n) is 4.04. The lowest BCUT2D eigenvalue weighted by atomic mass is 10.0. The summed E-state index contributed by atoms with van der Waals surface area (Å²) in [4.78, 5) is 25.4. The minimum absolute atomic E-state index is 0. The topological polar surface area (TPSA) is 96.7 Å². The third-order valence-corrected chi connectivity index (χ3v) is 4.04. The number of nitrogens with one attached hydrogen (secondary N) is 2. The van der Waals surface area contributed by atoms with Gasteiger partial charge in [0.25, 0.3) is 0 Å². The van der Waals surface area contributed by atoms with Gasteiger partial charge in [-0.1, -0.05) is 29.8 Å². The molecule has 2 amide bonds. The molecule has 0 aliphatic carbocycles. The number of aryl methyl sites for hydroxylation is 1. The van der Waals surface area contributed by atoms with Crippen molar-refractivity contribution in [2.45, 2.75) is 13.0 Å². The molecule has 4 N–H and O–H groups in total. The molecule has 0 bridgehead atoms. The summed E-state index contributed by atoms with van der Waals surface area (Å²) >= 11 is 0. The van der Waals surface area contributed by atoms with E-state index in [1.807, 2.05) is 6.07 Å². The van der Waals surface area contributed by atoms with Crippen molar-refractivity contribution < 1.29 is 14.3 Å². The number of amides is 2. The van der Waals surface area contributed by atoms with Gasteiger partial charge in [0, 0.05) is 19.6 Å². The van der Waals surface area contributed by atoms with E-state index in [1.54, 1.807) is 0 Å². The molecule has 1 atom stereocenters. The Morgan fingerprint density at radius 3 is 2.50 bits per heavy atom. The van der Waals surface area contributed by atoms with Gasteiger partial charge in [0.1, 0.15) is 0 Å². The van der Waals surface area contributed by atoms with Crippen molar-refractivity contribution in [1.29, 1.82) is 0 Å². The Bertz CT molecular complexity index is 569. The van der Waals surface area contributed by atoms with Gasteiger partial charge in [0.15, 0.2) is 0 Å². The van der Waals surface area contributed by atoms with Gasteiger partial charge >= 0.3 is 0 Å². The molecule has 1 aromatic rings. The van der Waals surface area contributed by atoms with Crippen LogP contribution in [0.4, 0.5) is 0 Å². The fourth-order valence-corrected chi connectivity index (χ4v) is 2.75. The van der Waals surface area contributed by atoms with E-state index >= 15 is 0 Å². The number of morpholine rings is 1. The van der Waals surface area contributed by atoms with Gasteiger partial charge in [0.05, 0.1) is 32.3 Å². The number of rotatable bonds is 7. The minimum Gasteiger partial charge on any atom is -0.379 e. The van der Waals surface area contributed by atoms with Crippen LogP contribution in [0.5, 0.6) is 0 Å². The van der Waals surface area contributed by atoms with Crippen molar-refractivity contribution in [2.75, 3.05) is 45.9 Å². The van der Waals surface area contributed by atoms with Gasteiger partial charge < -0.3 is 21.1 Å². The summed E-state index contributed by atoms with van der Waals surface area (Å²) in [5.41, 5.74) is 7.56. The van der Waals surface area contributed by atoms with E-state index in [1.165, 1.54) is 11.1 Å². The quantitative estimate of drug-likeness (QED) is 0.608. The zero-order chi connectivity index (χ0) is 17.4. The normalized spacial score (nSPS) is 15.2. The summed E-state index contributed by atoms with van der Waals surface area (Å²) in [6.45, 7) is 5.43. The number of benzene rings is 1. The molecular formula is C17H28Cl2N4O3. The SMILES string of the molecule is Cc1cccc(C(CNC(=O)CNC(=O)CN)N2CCOCC2)c1.Cl.Cl. The lowest BCUT2D eigenvalue weighted by Crippen LogP contribution is -2.46. The number of halogens is 2. The molecule has 1 fully saturated rings. The second kappa shape index (κ2) is 12.9. The molecule has 0 radical (unpaired) electrons. The first-order valence-electron chi connectivity index (χ1n) is 8.22. The lowest BCUT2D eigenvalue weighted by Gasteiger charge is -2.35. The van der Waals surface area contributed by atoms with E-state index in [2.05, 4.69) is 40.7 Å². The average Bonchev–Trinajstić information content (AvgIpc) is 2.61. The van der Waals surface area contributed by atoms with Crippen LogP contribution in [-0.4, -0.2) is 62.7 Å². The molecule has 0 spiro atoms. The van der Waals surface area contributed by atoms with Gasteiger partial charge in [-0.05, 0) is 12.5 Å². The van der Waals surface area contributed by atoms with Gasteiger partial charge in [-0.2, -0.15) is 0 Å². The third kappa shape index (κ3) is 7.88. The number of ether oxygens (including phenoxy) is 1. The van der Waals surface area contributed by atoms with Gasteiger partial charge in [-0.25, -0.2) is 0 Å². The first kappa shape index (κ1) is 24.6. The van der Waals surface area contributed by atoms with Crippen LogP contribution in [0.25, 0.3) is 0 Å². The van der Waals surface area contributed by atoms with Gasteiger partial charge in [0.2, 0.25) is 11.8 Å². The molecule has 1 unspecified atom stereocenters. The number of carbonyl (C=O) groups is 2. The second-order valence-electron chi connectivity index (χ2n) is 5.86. The highest BCUT2D eigenvalue weighted by molar-refractivity contribution is 5.86. The summed E-state index contributed by atoms with van der Waals surface area (Å²) in [6, 6.07) is 8.39. The van der Waals surface area contributed by atoms with Crippen LogP contribution in [-0.2, 0) is 14.3 Å². The molecule has 26 heavy (non-hydrogen) atoms. The van der Waals surface area contributed by atoms with E-state index in [4.69, 9.17) is 10.5 Å². The Labute approximate surface area is 166 Å². The van der Waals surface area contributed by atoms with Crippen LogP contribution in [0.3, 0.4) is 0 Å². The second-order valence-corrected chi connectivity index (χ2v) is 5.86. The maximum atomic E-state index is 11.9. The molecule has 1 aliphatic heterocycles. The van der Waals surface area contributed by atoms with E-state index in [-0.39, 0.29) is 55.8 Å². The fraction of sp³-hybridized carbons (Fsp3) is 0.529. The van der Waals surface area contributed by atoms with Crippen molar-refractivity contribution in [1.82, 2.24) is 15.5 Å². The van der Waals surface area contributed by atoms with Crippen molar-refractivity contribution in [2.24, 2.45) is 5.73 Å². The first-order chi connectivity index (χ1) is 11.6.